The normalized spacial score (nSPS) is 14.7. The van der Waals surface area contributed by atoms with Gasteiger partial charge in [-0.2, -0.15) is 0 Å². The Morgan fingerprint density at radius 2 is 2.33 bits per heavy atom. The zero-order chi connectivity index (χ0) is 10.7. The zero-order valence-corrected chi connectivity index (χ0v) is 9.21. The van der Waals surface area contributed by atoms with E-state index in [9.17, 15) is 0 Å². The fourth-order valence-corrected chi connectivity index (χ4v) is 1.63. The number of allylic oxidation sites excluding steroid dienone is 3. The van der Waals surface area contributed by atoms with Crippen molar-refractivity contribution in [3.05, 3.63) is 48.6 Å². The maximum atomic E-state index is 4.41. The van der Waals surface area contributed by atoms with Gasteiger partial charge >= 0.3 is 0 Å². The third kappa shape index (κ3) is 2.27. The number of thioether (sulfide) groups is 1. The molecule has 4 heteroatoms. The van der Waals surface area contributed by atoms with Gasteiger partial charge in [0, 0.05) is 23.7 Å². The van der Waals surface area contributed by atoms with Crippen molar-refractivity contribution in [3.63, 3.8) is 0 Å². The summed E-state index contributed by atoms with van der Waals surface area (Å²) in [6, 6.07) is 1.90. The zero-order valence-electron chi connectivity index (χ0n) is 8.40. The van der Waals surface area contributed by atoms with Gasteiger partial charge < -0.3 is 5.32 Å². The topological polar surface area (TPSA) is 37.8 Å². The van der Waals surface area contributed by atoms with Crippen LogP contribution in [0.1, 0.15) is 5.69 Å². The van der Waals surface area contributed by atoms with Gasteiger partial charge in [0.15, 0.2) is 5.16 Å². The summed E-state index contributed by atoms with van der Waals surface area (Å²) < 4.78 is 0. The van der Waals surface area contributed by atoms with Crippen molar-refractivity contribution in [3.8, 4) is 0 Å². The molecule has 0 atom stereocenters. The molecule has 76 valence electrons. The first-order chi connectivity index (χ1) is 7.29. The van der Waals surface area contributed by atoms with E-state index in [0.29, 0.717) is 0 Å². The molecule has 0 fully saturated rings. The highest BCUT2D eigenvalue weighted by atomic mass is 32.2. The molecule has 0 saturated carbocycles. The van der Waals surface area contributed by atoms with Gasteiger partial charge in [-0.05, 0) is 24.5 Å². The summed E-state index contributed by atoms with van der Waals surface area (Å²) in [7, 11) is 0. The molecular weight excluding hydrogens is 206 g/mol. The summed E-state index contributed by atoms with van der Waals surface area (Å²) >= 11 is 1.54. The van der Waals surface area contributed by atoms with Crippen molar-refractivity contribution in [1.29, 1.82) is 0 Å². The Morgan fingerprint density at radius 1 is 1.47 bits per heavy atom. The van der Waals surface area contributed by atoms with E-state index in [-0.39, 0.29) is 0 Å². The first-order valence-corrected chi connectivity index (χ1v) is 5.73. The van der Waals surface area contributed by atoms with Crippen LogP contribution in [0.4, 0.5) is 0 Å². The van der Waals surface area contributed by atoms with Crippen LogP contribution in [0.3, 0.4) is 0 Å². The van der Waals surface area contributed by atoms with Gasteiger partial charge in [0.2, 0.25) is 0 Å². The first-order valence-electron chi connectivity index (χ1n) is 4.50. The van der Waals surface area contributed by atoms with E-state index in [2.05, 4.69) is 21.9 Å². The predicted octanol–water partition coefficient (Wildman–Crippen LogP) is 2.21. The molecule has 0 bridgehead atoms. The molecule has 2 rings (SSSR count). The van der Waals surface area contributed by atoms with Gasteiger partial charge in [-0.3, -0.25) is 0 Å². The van der Waals surface area contributed by atoms with Crippen molar-refractivity contribution in [1.82, 2.24) is 15.3 Å². The highest BCUT2D eigenvalue weighted by molar-refractivity contribution is 7.98. The molecule has 1 N–H and O–H groups in total. The maximum absolute atomic E-state index is 4.41. The summed E-state index contributed by atoms with van der Waals surface area (Å²) in [5.74, 6) is 0. The average molecular weight is 217 g/mol. The van der Waals surface area contributed by atoms with E-state index < -0.39 is 0 Å². The molecule has 2 heterocycles. The van der Waals surface area contributed by atoms with E-state index in [0.717, 1.165) is 22.1 Å². The van der Waals surface area contributed by atoms with Crippen LogP contribution >= 0.6 is 11.8 Å². The van der Waals surface area contributed by atoms with Crippen molar-refractivity contribution < 1.29 is 0 Å². The summed E-state index contributed by atoms with van der Waals surface area (Å²) in [6.07, 6.45) is 9.53. The van der Waals surface area contributed by atoms with Gasteiger partial charge in [0.25, 0.3) is 0 Å². The van der Waals surface area contributed by atoms with Crippen molar-refractivity contribution in [2.75, 3.05) is 6.26 Å². The van der Waals surface area contributed by atoms with Crippen LogP contribution in [-0.4, -0.2) is 16.2 Å². The Morgan fingerprint density at radius 3 is 3.07 bits per heavy atom. The van der Waals surface area contributed by atoms with Crippen LogP contribution in [0.2, 0.25) is 0 Å². The Hall–Kier alpha value is -1.55. The lowest BCUT2D eigenvalue weighted by atomic mass is 10.1. The molecule has 1 aliphatic heterocycles. The molecule has 1 aliphatic rings. The average Bonchev–Trinajstić information content (AvgIpc) is 2.29. The number of rotatable bonds is 2. The minimum atomic E-state index is 0.783. The van der Waals surface area contributed by atoms with E-state index in [1.165, 1.54) is 11.8 Å². The van der Waals surface area contributed by atoms with Gasteiger partial charge in [-0.1, -0.05) is 18.3 Å². The summed E-state index contributed by atoms with van der Waals surface area (Å²) in [4.78, 5) is 8.55. The van der Waals surface area contributed by atoms with Crippen LogP contribution in [0.15, 0.2) is 48.0 Å². The Kier molecular flexibility index (Phi) is 2.87. The monoisotopic (exact) mass is 217 g/mol. The minimum absolute atomic E-state index is 0.783. The lowest BCUT2D eigenvalue weighted by molar-refractivity contribution is 0.955. The largest absolute Gasteiger partial charge is 0.362 e. The number of nitrogens with one attached hydrogen (secondary N) is 1. The van der Waals surface area contributed by atoms with Crippen LogP contribution in [0.5, 0.6) is 0 Å². The van der Waals surface area contributed by atoms with Crippen LogP contribution < -0.4 is 5.32 Å². The molecule has 0 amide bonds. The molecule has 15 heavy (non-hydrogen) atoms. The van der Waals surface area contributed by atoms with Gasteiger partial charge in [0.1, 0.15) is 0 Å². The molecular formula is C11H11N3S. The number of dihydropyridines is 1. The quantitative estimate of drug-likeness (QED) is 0.609. The summed E-state index contributed by atoms with van der Waals surface area (Å²) in [5, 5.41) is 3.79. The van der Waals surface area contributed by atoms with Crippen LogP contribution in [0.25, 0.3) is 5.57 Å². The molecule has 0 spiro atoms. The Balaban J connectivity index is 2.36. The molecule has 3 nitrogen and oxygen atoms in total. The smallest absolute Gasteiger partial charge is 0.187 e. The molecule has 0 radical (unpaired) electrons. The minimum Gasteiger partial charge on any atom is -0.362 e. The lowest BCUT2D eigenvalue weighted by Crippen LogP contribution is -2.06. The van der Waals surface area contributed by atoms with E-state index in [1.54, 1.807) is 6.20 Å². The number of hydrogen-bond acceptors (Lipinski definition) is 4. The SMILES string of the molecule is C=C1C=C(c2ccnc(SC)n2)C=CN1. The second-order valence-corrected chi connectivity index (χ2v) is 3.80. The molecule has 1 aromatic rings. The maximum Gasteiger partial charge on any atom is 0.187 e. The molecule has 1 aromatic heterocycles. The standard InChI is InChI=1S/C11H11N3S/c1-8-7-9(3-5-12-8)10-4-6-13-11(14-10)15-2/h3-7,12H,1H2,2H3. The Bertz CT molecular complexity index is 449. The number of aromatic nitrogens is 2. The van der Waals surface area contributed by atoms with E-state index >= 15 is 0 Å². The number of hydrogen-bond donors (Lipinski definition) is 1. The van der Waals surface area contributed by atoms with E-state index in [1.807, 2.05) is 30.7 Å². The lowest BCUT2D eigenvalue weighted by Gasteiger charge is -2.09. The highest BCUT2D eigenvalue weighted by Crippen LogP contribution is 2.19. The molecule has 0 unspecified atom stereocenters. The van der Waals surface area contributed by atoms with Gasteiger partial charge in [0.05, 0.1) is 5.69 Å². The summed E-state index contributed by atoms with van der Waals surface area (Å²) in [5.41, 5.74) is 2.85. The Labute approximate surface area is 93.0 Å². The predicted molar refractivity (Wildman–Crippen MR) is 63.2 cm³/mol. The molecule has 0 aromatic carbocycles. The highest BCUT2D eigenvalue weighted by Gasteiger charge is 2.05. The van der Waals surface area contributed by atoms with Gasteiger partial charge in [-0.15, -0.1) is 0 Å². The van der Waals surface area contributed by atoms with Crippen LogP contribution in [0, 0.1) is 0 Å². The second-order valence-electron chi connectivity index (χ2n) is 3.03. The van der Waals surface area contributed by atoms with Crippen LogP contribution in [-0.2, 0) is 0 Å². The van der Waals surface area contributed by atoms with Crippen molar-refractivity contribution in [2.24, 2.45) is 0 Å². The third-order valence-electron chi connectivity index (χ3n) is 1.97. The number of nitrogens with zero attached hydrogens (tertiary/aromatic N) is 2. The molecule has 0 aliphatic carbocycles. The first kappa shape index (κ1) is 9.98. The molecule has 0 saturated heterocycles. The second kappa shape index (κ2) is 4.31. The van der Waals surface area contributed by atoms with Crippen molar-refractivity contribution in [2.45, 2.75) is 5.16 Å². The summed E-state index contributed by atoms with van der Waals surface area (Å²) in [6.45, 7) is 3.85. The fourth-order valence-electron chi connectivity index (χ4n) is 1.28. The van der Waals surface area contributed by atoms with Crippen molar-refractivity contribution >= 4 is 17.3 Å². The van der Waals surface area contributed by atoms with Gasteiger partial charge in [-0.25, -0.2) is 9.97 Å². The van der Waals surface area contributed by atoms with E-state index in [4.69, 9.17) is 0 Å². The fraction of sp³-hybridized carbons (Fsp3) is 0.0909. The third-order valence-corrected chi connectivity index (χ3v) is 2.54.